The summed E-state index contributed by atoms with van der Waals surface area (Å²) in [7, 11) is 0. The molecule has 2 amide bonds. The van der Waals surface area contributed by atoms with Crippen LogP contribution in [0.1, 0.15) is 36.4 Å². The SMILES string of the molecule is N#CCCN(C(=O)CCC(=O)NC(c1ccccc1)c1ccc(Cl)cc1)c1ccccc1. The van der Waals surface area contributed by atoms with Gasteiger partial charge in [-0.05, 0) is 35.4 Å². The van der Waals surface area contributed by atoms with E-state index in [1.54, 1.807) is 17.0 Å². The van der Waals surface area contributed by atoms with Gasteiger partial charge in [-0.15, -0.1) is 0 Å². The Bertz CT molecular complexity index is 1060. The molecule has 0 saturated heterocycles. The van der Waals surface area contributed by atoms with Crippen LogP contribution in [0.2, 0.25) is 5.02 Å². The predicted octanol–water partition coefficient (Wildman–Crippen LogP) is 5.27. The highest BCUT2D eigenvalue weighted by molar-refractivity contribution is 6.30. The van der Waals surface area contributed by atoms with E-state index in [0.717, 1.165) is 16.8 Å². The summed E-state index contributed by atoms with van der Waals surface area (Å²) in [5, 5.41) is 12.6. The van der Waals surface area contributed by atoms with E-state index in [4.69, 9.17) is 16.9 Å². The van der Waals surface area contributed by atoms with Crippen molar-refractivity contribution in [2.45, 2.75) is 25.3 Å². The Balaban J connectivity index is 1.68. The highest BCUT2D eigenvalue weighted by atomic mass is 35.5. The maximum atomic E-state index is 12.8. The maximum Gasteiger partial charge on any atom is 0.227 e. The van der Waals surface area contributed by atoms with Crippen LogP contribution in [0.25, 0.3) is 0 Å². The molecule has 6 heteroatoms. The summed E-state index contributed by atoms with van der Waals surface area (Å²) < 4.78 is 0. The summed E-state index contributed by atoms with van der Waals surface area (Å²) in [6.45, 7) is 0.290. The van der Waals surface area contributed by atoms with E-state index in [9.17, 15) is 9.59 Å². The van der Waals surface area contributed by atoms with Crippen LogP contribution in [-0.2, 0) is 9.59 Å². The number of para-hydroxylation sites is 1. The fraction of sp³-hybridized carbons (Fsp3) is 0.192. The van der Waals surface area contributed by atoms with Gasteiger partial charge in [0, 0.05) is 30.1 Å². The van der Waals surface area contributed by atoms with Gasteiger partial charge in [0.25, 0.3) is 0 Å². The number of anilines is 1. The number of carbonyl (C=O) groups excluding carboxylic acids is 2. The van der Waals surface area contributed by atoms with E-state index < -0.39 is 0 Å². The van der Waals surface area contributed by atoms with Crippen molar-refractivity contribution in [2.75, 3.05) is 11.4 Å². The number of nitriles is 1. The van der Waals surface area contributed by atoms with Gasteiger partial charge in [0.2, 0.25) is 11.8 Å². The molecule has 1 N–H and O–H groups in total. The van der Waals surface area contributed by atoms with Crippen molar-refractivity contribution < 1.29 is 9.59 Å². The summed E-state index contributed by atoms with van der Waals surface area (Å²) in [5.74, 6) is -0.417. The third kappa shape index (κ3) is 6.44. The van der Waals surface area contributed by atoms with Gasteiger partial charge in [-0.3, -0.25) is 9.59 Å². The first-order valence-electron chi connectivity index (χ1n) is 10.4. The average Bonchev–Trinajstić information content (AvgIpc) is 2.83. The summed E-state index contributed by atoms with van der Waals surface area (Å²) in [6.07, 6.45) is 0.319. The van der Waals surface area contributed by atoms with Crippen LogP contribution in [0.5, 0.6) is 0 Å². The quantitative estimate of drug-likeness (QED) is 0.487. The molecule has 0 saturated carbocycles. The third-order valence-electron chi connectivity index (χ3n) is 5.02. The average molecular weight is 446 g/mol. The van der Waals surface area contributed by atoms with Crippen LogP contribution in [0.3, 0.4) is 0 Å². The van der Waals surface area contributed by atoms with Crippen LogP contribution >= 0.6 is 11.6 Å². The second-order valence-electron chi connectivity index (χ2n) is 7.25. The molecule has 0 fully saturated rings. The Hall–Kier alpha value is -3.62. The molecule has 0 aliphatic carbocycles. The van der Waals surface area contributed by atoms with E-state index in [1.807, 2.05) is 72.8 Å². The molecule has 0 heterocycles. The molecule has 3 aromatic rings. The van der Waals surface area contributed by atoms with Gasteiger partial charge >= 0.3 is 0 Å². The smallest absolute Gasteiger partial charge is 0.227 e. The van der Waals surface area contributed by atoms with Crippen molar-refractivity contribution in [2.24, 2.45) is 0 Å². The first-order chi connectivity index (χ1) is 15.6. The van der Waals surface area contributed by atoms with Gasteiger partial charge in [0.15, 0.2) is 0 Å². The lowest BCUT2D eigenvalue weighted by atomic mass is 9.98. The number of benzene rings is 3. The Labute approximate surface area is 193 Å². The minimum Gasteiger partial charge on any atom is -0.345 e. The number of hydrogen-bond acceptors (Lipinski definition) is 3. The minimum absolute atomic E-state index is 0.0473. The molecule has 0 radical (unpaired) electrons. The number of rotatable bonds is 9. The fourth-order valence-corrected chi connectivity index (χ4v) is 3.54. The minimum atomic E-state index is -0.347. The van der Waals surface area contributed by atoms with Gasteiger partial charge in [0.1, 0.15) is 0 Å². The Morgan fingerprint density at radius 1 is 0.875 bits per heavy atom. The summed E-state index contributed by atoms with van der Waals surface area (Å²) in [4.78, 5) is 27.2. The molecule has 3 aromatic carbocycles. The van der Waals surface area contributed by atoms with Crippen LogP contribution < -0.4 is 10.2 Å². The maximum absolute atomic E-state index is 12.8. The van der Waals surface area contributed by atoms with Crippen molar-refractivity contribution in [3.63, 3.8) is 0 Å². The van der Waals surface area contributed by atoms with Crippen LogP contribution in [0, 0.1) is 11.3 Å². The standard InChI is InChI=1S/C26H24ClN3O2/c27-22-14-12-21(13-15-22)26(20-8-3-1-4-9-20)29-24(31)16-17-25(32)30(19-7-18-28)23-10-5-2-6-11-23/h1-6,8-15,26H,7,16-17,19H2,(H,29,31). The zero-order valence-electron chi connectivity index (χ0n) is 17.6. The zero-order chi connectivity index (χ0) is 22.8. The number of halogens is 1. The second kappa shape index (κ2) is 11.7. The second-order valence-corrected chi connectivity index (χ2v) is 7.69. The Morgan fingerprint density at radius 3 is 2.09 bits per heavy atom. The highest BCUT2D eigenvalue weighted by Crippen LogP contribution is 2.24. The normalized spacial score (nSPS) is 11.2. The highest BCUT2D eigenvalue weighted by Gasteiger charge is 2.20. The van der Waals surface area contributed by atoms with Crippen molar-refractivity contribution in [3.8, 4) is 6.07 Å². The molecule has 32 heavy (non-hydrogen) atoms. The molecule has 0 aliphatic rings. The molecule has 162 valence electrons. The lowest BCUT2D eigenvalue weighted by Crippen LogP contribution is -2.34. The van der Waals surface area contributed by atoms with Crippen molar-refractivity contribution >= 4 is 29.1 Å². The van der Waals surface area contributed by atoms with Crippen LogP contribution in [0.15, 0.2) is 84.9 Å². The number of amides is 2. The van der Waals surface area contributed by atoms with Gasteiger partial charge in [-0.25, -0.2) is 0 Å². The molecule has 1 atom stereocenters. The molecular formula is C26H24ClN3O2. The molecule has 0 aromatic heterocycles. The number of nitrogens with zero attached hydrogens (tertiary/aromatic N) is 2. The van der Waals surface area contributed by atoms with Crippen LogP contribution in [0.4, 0.5) is 5.69 Å². The van der Waals surface area contributed by atoms with E-state index in [0.29, 0.717) is 11.6 Å². The molecule has 0 aliphatic heterocycles. The molecule has 5 nitrogen and oxygen atoms in total. The van der Waals surface area contributed by atoms with E-state index in [2.05, 4.69) is 11.4 Å². The third-order valence-corrected chi connectivity index (χ3v) is 5.28. The largest absolute Gasteiger partial charge is 0.345 e. The number of carbonyl (C=O) groups is 2. The molecule has 1 unspecified atom stereocenters. The lowest BCUT2D eigenvalue weighted by molar-refractivity contribution is -0.125. The van der Waals surface area contributed by atoms with Crippen molar-refractivity contribution in [1.29, 1.82) is 5.26 Å². The topological polar surface area (TPSA) is 73.2 Å². The first kappa shape index (κ1) is 23.1. The molecular weight excluding hydrogens is 422 g/mol. The van der Waals surface area contributed by atoms with Gasteiger partial charge < -0.3 is 10.2 Å². The molecule has 0 spiro atoms. The van der Waals surface area contributed by atoms with Gasteiger partial charge in [-0.1, -0.05) is 72.3 Å². The summed E-state index contributed by atoms with van der Waals surface area (Å²) >= 11 is 6.02. The van der Waals surface area contributed by atoms with E-state index >= 15 is 0 Å². The Morgan fingerprint density at radius 2 is 1.47 bits per heavy atom. The van der Waals surface area contributed by atoms with Gasteiger partial charge in [-0.2, -0.15) is 5.26 Å². The molecule has 3 rings (SSSR count). The van der Waals surface area contributed by atoms with Crippen molar-refractivity contribution in [1.82, 2.24) is 5.32 Å². The fourth-order valence-electron chi connectivity index (χ4n) is 3.42. The predicted molar refractivity (Wildman–Crippen MR) is 126 cm³/mol. The lowest BCUT2D eigenvalue weighted by Gasteiger charge is -2.23. The first-order valence-corrected chi connectivity index (χ1v) is 10.8. The van der Waals surface area contributed by atoms with Gasteiger partial charge in [0.05, 0.1) is 18.5 Å². The van der Waals surface area contributed by atoms with Crippen LogP contribution in [-0.4, -0.2) is 18.4 Å². The number of nitrogens with one attached hydrogen (secondary N) is 1. The van der Waals surface area contributed by atoms with E-state index in [-0.39, 0.29) is 37.1 Å². The zero-order valence-corrected chi connectivity index (χ0v) is 18.3. The Kier molecular flexibility index (Phi) is 8.42. The van der Waals surface area contributed by atoms with Crippen molar-refractivity contribution in [3.05, 3.63) is 101 Å². The summed E-state index contributed by atoms with van der Waals surface area (Å²) in [6, 6.07) is 27.9. The molecule has 0 bridgehead atoms. The monoisotopic (exact) mass is 445 g/mol. The summed E-state index contributed by atoms with van der Waals surface area (Å²) in [5.41, 5.74) is 2.56. The van der Waals surface area contributed by atoms with E-state index in [1.165, 1.54) is 0 Å². The number of hydrogen-bond donors (Lipinski definition) is 1.